The minimum absolute atomic E-state index is 0.345. The molecule has 1 aliphatic carbocycles. The number of ether oxygens (including phenoxy) is 1. The molecular weight excluding hydrogens is 312 g/mol. The van der Waals surface area contributed by atoms with Gasteiger partial charge in [0, 0.05) is 4.90 Å². The Kier molecular flexibility index (Phi) is 6.05. The van der Waals surface area contributed by atoms with Gasteiger partial charge in [0.15, 0.2) is 6.61 Å². The smallest absolute Gasteiger partial charge is 0.319 e. The number of hydrogen-bond acceptors (Lipinski definition) is 5. The number of amides is 1. The molecule has 0 aliphatic heterocycles. The number of benzene rings is 1. The van der Waals surface area contributed by atoms with E-state index in [0.29, 0.717) is 12.8 Å². The molecule has 0 unspecified atom stereocenters. The first-order chi connectivity index (χ1) is 11.0. The molecule has 0 heterocycles. The van der Waals surface area contributed by atoms with Crippen LogP contribution in [0.5, 0.6) is 0 Å². The molecule has 1 aromatic carbocycles. The molecule has 1 aromatic rings. The van der Waals surface area contributed by atoms with Crippen molar-refractivity contribution < 1.29 is 14.3 Å². The third-order valence-corrected chi connectivity index (χ3v) is 4.87. The van der Waals surface area contributed by atoms with Crippen molar-refractivity contribution in [1.29, 1.82) is 5.26 Å². The summed E-state index contributed by atoms with van der Waals surface area (Å²) in [6.07, 6.45) is 3.17. The average molecular weight is 332 g/mol. The Balaban J connectivity index is 1.77. The van der Waals surface area contributed by atoms with Crippen LogP contribution in [0.1, 0.15) is 32.6 Å². The van der Waals surface area contributed by atoms with Crippen LogP contribution in [-0.2, 0) is 14.3 Å². The van der Waals surface area contributed by atoms with Crippen molar-refractivity contribution in [2.24, 2.45) is 0 Å². The number of nitriles is 1. The Hall–Kier alpha value is -2.00. The van der Waals surface area contributed by atoms with E-state index in [1.165, 1.54) is 11.8 Å². The normalized spacial score (nSPS) is 17.0. The summed E-state index contributed by atoms with van der Waals surface area (Å²) >= 11 is 1.38. The maximum Gasteiger partial charge on any atom is 0.319 e. The van der Waals surface area contributed by atoms with E-state index in [0.717, 1.165) is 17.7 Å². The third-order valence-electron chi connectivity index (χ3n) is 3.78. The van der Waals surface area contributed by atoms with Crippen LogP contribution < -0.4 is 5.32 Å². The summed E-state index contributed by atoms with van der Waals surface area (Å²) in [4.78, 5) is 24.8. The fourth-order valence-corrected chi connectivity index (χ4v) is 3.44. The molecule has 122 valence electrons. The second kappa shape index (κ2) is 8.02. The van der Waals surface area contributed by atoms with Crippen molar-refractivity contribution in [3.63, 3.8) is 0 Å². The van der Waals surface area contributed by atoms with Gasteiger partial charge >= 0.3 is 5.97 Å². The average Bonchev–Trinajstić information content (AvgIpc) is 3.02. The van der Waals surface area contributed by atoms with Crippen LogP contribution in [0, 0.1) is 11.3 Å². The summed E-state index contributed by atoms with van der Waals surface area (Å²) in [5.41, 5.74) is -0.784. The van der Waals surface area contributed by atoms with Gasteiger partial charge < -0.3 is 10.1 Å². The van der Waals surface area contributed by atoms with Gasteiger partial charge in [0.1, 0.15) is 10.8 Å². The van der Waals surface area contributed by atoms with Gasteiger partial charge in [-0.1, -0.05) is 18.2 Å². The van der Waals surface area contributed by atoms with E-state index in [-0.39, 0.29) is 6.61 Å². The van der Waals surface area contributed by atoms with Crippen molar-refractivity contribution in [3.8, 4) is 6.07 Å². The zero-order chi connectivity index (χ0) is 16.7. The summed E-state index contributed by atoms with van der Waals surface area (Å²) in [5, 5.41) is 11.5. The second-order valence-corrected chi connectivity index (χ2v) is 7.04. The van der Waals surface area contributed by atoms with E-state index in [1.54, 1.807) is 6.92 Å². The molecule has 2 rings (SSSR count). The standard InChI is InChI=1S/C17H20N2O3S/c1-13(23-14-7-3-2-4-8-14)16(21)22-11-15(20)19-17(12-18)9-5-6-10-17/h2-4,7-8,13H,5-6,9-11H2,1H3,(H,19,20)/t13-/m1/s1. The number of nitrogens with one attached hydrogen (secondary N) is 1. The summed E-state index contributed by atoms with van der Waals surface area (Å²) in [6.45, 7) is 1.40. The number of carbonyl (C=O) groups is 2. The molecular formula is C17H20N2O3S. The fraction of sp³-hybridized carbons (Fsp3) is 0.471. The molecule has 1 N–H and O–H groups in total. The number of hydrogen-bond donors (Lipinski definition) is 1. The van der Waals surface area contributed by atoms with E-state index in [1.807, 2.05) is 30.3 Å². The predicted molar refractivity (Wildman–Crippen MR) is 87.7 cm³/mol. The number of carbonyl (C=O) groups excluding carboxylic acids is 2. The minimum Gasteiger partial charge on any atom is -0.455 e. The Bertz CT molecular complexity index is 592. The molecule has 1 atom stereocenters. The lowest BCUT2D eigenvalue weighted by Crippen LogP contribution is -2.47. The van der Waals surface area contributed by atoms with Gasteiger partial charge in [-0.2, -0.15) is 5.26 Å². The monoisotopic (exact) mass is 332 g/mol. The molecule has 0 aromatic heterocycles. The lowest BCUT2D eigenvalue weighted by Gasteiger charge is -2.22. The topological polar surface area (TPSA) is 79.2 Å². The van der Waals surface area contributed by atoms with Crippen molar-refractivity contribution >= 4 is 23.6 Å². The van der Waals surface area contributed by atoms with E-state index in [2.05, 4.69) is 11.4 Å². The first-order valence-electron chi connectivity index (χ1n) is 7.65. The van der Waals surface area contributed by atoms with Gasteiger partial charge in [-0.15, -0.1) is 11.8 Å². The molecule has 5 nitrogen and oxygen atoms in total. The Morgan fingerprint density at radius 1 is 1.35 bits per heavy atom. The number of rotatable bonds is 6. The number of thioether (sulfide) groups is 1. The lowest BCUT2D eigenvalue weighted by molar-refractivity contribution is -0.148. The van der Waals surface area contributed by atoms with E-state index in [9.17, 15) is 14.9 Å². The molecule has 0 spiro atoms. The molecule has 1 fully saturated rings. The highest BCUT2D eigenvalue weighted by atomic mass is 32.2. The second-order valence-electron chi connectivity index (χ2n) is 5.63. The van der Waals surface area contributed by atoms with Crippen LogP contribution in [0.3, 0.4) is 0 Å². The highest BCUT2D eigenvalue weighted by Crippen LogP contribution is 2.28. The lowest BCUT2D eigenvalue weighted by atomic mass is 10.00. The first kappa shape index (κ1) is 17.4. The molecule has 0 bridgehead atoms. The number of nitrogens with zero attached hydrogens (tertiary/aromatic N) is 1. The largest absolute Gasteiger partial charge is 0.455 e. The Morgan fingerprint density at radius 3 is 2.61 bits per heavy atom. The van der Waals surface area contributed by atoms with Crippen LogP contribution in [0.2, 0.25) is 0 Å². The van der Waals surface area contributed by atoms with Crippen LogP contribution in [0.4, 0.5) is 0 Å². The Labute approximate surface area is 140 Å². The molecule has 1 amide bonds. The molecule has 0 saturated heterocycles. The Morgan fingerprint density at radius 2 is 2.00 bits per heavy atom. The predicted octanol–water partition coefficient (Wildman–Crippen LogP) is 2.66. The van der Waals surface area contributed by atoms with Gasteiger partial charge in [0.2, 0.25) is 0 Å². The highest BCUT2D eigenvalue weighted by molar-refractivity contribution is 8.00. The fourth-order valence-electron chi connectivity index (χ4n) is 2.55. The zero-order valence-corrected chi connectivity index (χ0v) is 13.9. The maximum atomic E-state index is 12.0. The van der Waals surface area contributed by atoms with Gasteiger partial charge in [-0.05, 0) is 44.7 Å². The first-order valence-corrected chi connectivity index (χ1v) is 8.53. The van der Waals surface area contributed by atoms with Crippen molar-refractivity contribution in [3.05, 3.63) is 30.3 Å². The molecule has 23 heavy (non-hydrogen) atoms. The molecule has 1 saturated carbocycles. The molecule has 6 heteroatoms. The number of esters is 1. The van der Waals surface area contributed by atoms with E-state index < -0.39 is 22.7 Å². The summed E-state index contributed by atoms with van der Waals surface area (Å²) in [7, 11) is 0. The highest BCUT2D eigenvalue weighted by Gasteiger charge is 2.35. The van der Waals surface area contributed by atoms with Gasteiger partial charge in [0.05, 0.1) is 6.07 Å². The van der Waals surface area contributed by atoms with Gasteiger partial charge in [-0.25, -0.2) is 0 Å². The summed E-state index contributed by atoms with van der Waals surface area (Å²) < 4.78 is 5.06. The summed E-state index contributed by atoms with van der Waals surface area (Å²) in [5.74, 6) is -0.856. The van der Waals surface area contributed by atoms with Crippen molar-refractivity contribution in [2.75, 3.05) is 6.61 Å². The molecule has 0 radical (unpaired) electrons. The van der Waals surface area contributed by atoms with Gasteiger partial charge in [0.25, 0.3) is 5.91 Å². The quantitative estimate of drug-likeness (QED) is 0.640. The third kappa shape index (κ3) is 5.00. The van der Waals surface area contributed by atoms with Gasteiger partial charge in [-0.3, -0.25) is 9.59 Å². The van der Waals surface area contributed by atoms with E-state index in [4.69, 9.17) is 4.74 Å². The molecule has 1 aliphatic rings. The SMILES string of the molecule is C[C@@H](Sc1ccccc1)C(=O)OCC(=O)NC1(C#N)CCCC1. The van der Waals surface area contributed by atoms with Crippen LogP contribution in [-0.4, -0.2) is 29.3 Å². The zero-order valence-electron chi connectivity index (χ0n) is 13.1. The van der Waals surface area contributed by atoms with Crippen molar-refractivity contribution in [1.82, 2.24) is 5.32 Å². The minimum atomic E-state index is -0.784. The van der Waals surface area contributed by atoms with Crippen LogP contribution >= 0.6 is 11.8 Å². The van der Waals surface area contributed by atoms with Crippen LogP contribution in [0.25, 0.3) is 0 Å². The van der Waals surface area contributed by atoms with Crippen molar-refractivity contribution in [2.45, 2.75) is 48.3 Å². The maximum absolute atomic E-state index is 12.0. The van der Waals surface area contributed by atoms with Crippen LogP contribution in [0.15, 0.2) is 35.2 Å². The summed E-state index contributed by atoms with van der Waals surface area (Å²) in [6, 6.07) is 11.7. The van der Waals surface area contributed by atoms with E-state index >= 15 is 0 Å².